The van der Waals surface area contributed by atoms with Crippen LogP contribution in [-0.2, 0) is 0 Å². The van der Waals surface area contributed by atoms with E-state index in [9.17, 15) is 4.39 Å². The maximum Gasteiger partial charge on any atom is 0.109 e. The Labute approximate surface area is 158 Å². The monoisotopic (exact) mass is 368 g/mol. The van der Waals surface area contributed by atoms with Crippen LogP contribution in [0.15, 0.2) is 54.6 Å². The zero-order valence-corrected chi connectivity index (χ0v) is 15.4. The third-order valence-corrected chi connectivity index (χ3v) is 5.66. The highest BCUT2D eigenvalue weighted by Crippen LogP contribution is 2.38. The van der Waals surface area contributed by atoms with Gasteiger partial charge in [-0.15, -0.1) is 12.4 Å². The highest BCUT2D eigenvalue weighted by atomic mass is 35.5. The summed E-state index contributed by atoms with van der Waals surface area (Å²) in [7, 11) is 0. The van der Waals surface area contributed by atoms with Crippen molar-refractivity contribution in [1.82, 2.24) is 10.2 Å². The standard InChI is InChI=1S/C22H21FN2.ClH/c23-14-20(25-12-10-24-11-13-25)18-8-6-17-5-4-15-2-1-3-16-7-9-19(18)22(17)21(15)16;/h1-9,20,24H,10-14H2;1H/t20-;/m1./s1. The maximum absolute atomic E-state index is 14.1. The van der Waals surface area contributed by atoms with Gasteiger partial charge in [0.25, 0.3) is 0 Å². The number of alkyl halides is 1. The molecule has 4 aromatic rings. The molecule has 4 heteroatoms. The minimum absolute atomic E-state index is 0. The van der Waals surface area contributed by atoms with Crippen LogP contribution in [0.1, 0.15) is 11.6 Å². The Morgan fingerprint density at radius 3 is 2.15 bits per heavy atom. The lowest BCUT2D eigenvalue weighted by molar-refractivity contribution is 0.148. The fourth-order valence-electron chi connectivity index (χ4n) is 4.42. The van der Waals surface area contributed by atoms with E-state index < -0.39 is 0 Å². The van der Waals surface area contributed by atoms with Gasteiger partial charge in [-0.05, 0) is 37.9 Å². The van der Waals surface area contributed by atoms with Crippen molar-refractivity contribution < 1.29 is 4.39 Å². The third kappa shape index (κ3) is 2.62. The highest BCUT2D eigenvalue weighted by Gasteiger charge is 2.24. The van der Waals surface area contributed by atoms with E-state index in [-0.39, 0.29) is 25.1 Å². The normalized spacial score (nSPS) is 17.0. The van der Waals surface area contributed by atoms with E-state index in [1.165, 1.54) is 32.3 Å². The van der Waals surface area contributed by atoms with Gasteiger partial charge in [0, 0.05) is 26.2 Å². The zero-order valence-electron chi connectivity index (χ0n) is 14.5. The van der Waals surface area contributed by atoms with E-state index in [4.69, 9.17) is 0 Å². The lowest BCUT2D eigenvalue weighted by atomic mass is 9.89. The van der Waals surface area contributed by atoms with Crippen molar-refractivity contribution in [3.8, 4) is 0 Å². The van der Waals surface area contributed by atoms with Crippen LogP contribution in [0.2, 0.25) is 0 Å². The summed E-state index contributed by atoms with van der Waals surface area (Å²) in [6.45, 7) is 3.32. The zero-order chi connectivity index (χ0) is 16.8. The minimum Gasteiger partial charge on any atom is -0.314 e. The van der Waals surface area contributed by atoms with Crippen molar-refractivity contribution in [2.45, 2.75) is 6.04 Å². The van der Waals surface area contributed by atoms with Crippen LogP contribution >= 0.6 is 12.4 Å². The maximum atomic E-state index is 14.1. The molecular weight excluding hydrogens is 347 g/mol. The molecule has 0 radical (unpaired) electrons. The topological polar surface area (TPSA) is 15.3 Å². The molecule has 1 heterocycles. The van der Waals surface area contributed by atoms with Gasteiger partial charge < -0.3 is 5.32 Å². The first-order valence-corrected chi connectivity index (χ1v) is 9.04. The van der Waals surface area contributed by atoms with Crippen molar-refractivity contribution in [1.29, 1.82) is 0 Å². The van der Waals surface area contributed by atoms with Crippen molar-refractivity contribution in [2.24, 2.45) is 0 Å². The first-order valence-electron chi connectivity index (χ1n) is 9.04. The van der Waals surface area contributed by atoms with E-state index >= 15 is 0 Å². The number of hydrogen-bond donors (Lipinski definition) is 1. The Hall–Kier alpha value is -1.94. The summed E-state index contributed by atoms with van der Waals surface area (Å²) in [6.07, 6.45) is 0. The summed E-state index contributed by atoms with van der Waals surface area (Å²) in [5.41, 5.74) is 1.12. The molecule has 1 aliphatic rings. The predicted octanol–water partition coefficient (Wildman–Crippen LogP) is 4.92. The lowest BCUT2D eigenvalue weighted by Gasteiger charge is -2.34. The number of nitrogens with one attached hydrogen (secondary N) is 1. The van der Waals surface area contributed by atoms with E-state index in [0.717, 1.165) is 31.7 Å². The van der Waals surface area contributed by atoms with Gasteiger partial charge in [0.15, 0.2) is 0 Å². The molecule has 0 unspecified atom stereocenters. The minimum atomic E-state index is -0.343. The summed E-state index contributed by atoms with van der Waals surface area (Å²) < 4.78 is 14.1. The first kappa shape index (κ1) is 17.5. The molecule has 134 valence electrons. The first-order chi connectivity index (χ1) is 12.4. The van der Waals surface area contributed by atoms with Gasteiger partial charge in [0.2, 0.25) is 0 Å². The van der Waals surface area contributed by atoms with Gasteiger partial charge in [-0.25, -0.2) is 4.39 Å². The molecule has 1 saturated heterocycles. The molecule has 26 heavy (non-hydrogen) atoms. The van der Waals surface area contributed by atoms with Crippen molar-refractivity contribution in [3.05, 3.63) is 60.2 Å². The average Bonchev–Trinajstić information content (AvgIpc) is 2.68. The molecule has 2 nitrogen and oxygen atoms in total. The second-order valence-electron chi connectivity index (χ2n) is 6.97. The second-order valence-corrected chi connectivity index (χ2v) is 6.97. The molecule has 0 spiro atoms. The summed E-state index contributed by atoms with van der Waals surface area (Å²) >= 11 is 0. The van der Waals surface area contributed by atoms with Crippen LogP contribution < -0.4 is 5.32 Å². The fraction of sp³-hybridized carbons (Fsp3) is 0.273. The summed E-state index contributed by atoms with van der Waals surface area (Å²) in [5.74, 6) is 0. The Bertz CT molecular complexity index is 1030. The molecule has 1 aliphatic heterocycles. The number of piperazine rings is 1. The molecule has 4 aromatic carbocycles. The van der Waals surface area contributed by atoms with Gasteiger partial charge in [0.05, 0.1) is 6.04 Å². The van der Waals surface area contributed by atoms with Crippen LogP contribution in [0.4, 0.5) is 4.39 Å². The van der Waals surface area contributed by atoms with Crippen LogP contribution in [0.25, 0.3) is 32.3 Å². The highest BCUT2D eigenvalue weighted by molar-refractivity contribution is 6.23. The van der Waals surface area contributed by atoms with Crippen LogP contribution in [0.5, 0.6) is 0 Å². The van der Waals surface area contributed by atoms with Crippen molar-refractivity contribution in [2.75, 3.05) is 32.9 Å². The Morgan fingerprint density at radius 1 is 0.846 bits per heavy atom. The van der Waals surface area contributed by atoms with E-state index in [2.05, 4.69) is 64.8 Å². The van der Waals surface area contributed by atoms with Gasteiger partial charge in [-0.2, -0.15) is 0 Å². The largest absolute Gasteiger partial charge is 0.314 e. The summed E-state index contributed by atoms with van der Waals surface area (Å²) in [4.78, 5) is 2.28. The average molecular weight is 369 g/mol. The Morgan fingerprint density at radius 2 is 1.46 bits per heavy atom. The number of nitrogens with zero attached hydrogens (tertiary/aromatic N) is 1. The molecule has 0 bridgehead atoms. The molecular formula is C22H22ClFN2. The van der Waals surface area contributed by atoms with Gasteiger partial charge in [-0.1, -0.05) is 54.6 Å². The SMILES string of the molecule is Cl.FC[C@H](c1ccc2ccc3cccc4ccc1c2c34)N1CCNCC1. The van der Waals surface area contributed by atoms with Gasteiger partial charge >= 0.3 is 0 Å². The molecule has 1 N–H and O–H groups in total. The lowest BCUT2D eigenvalue weighted by Crippen LogP contribution is -2.45. The molecule has 0 aliphatic carbocycles. The van der Waals surface area contributed by atoms with Crippen LogP contribution in [0, 0.1) is 0 Å². The van der Waals surface area contributed by atoms with E-state index in [0.29, 0.717) is 0 Å². The number of rotatable bonds is 3. The third-order valence-electron chi connectivity index (χ3n) is 5.66. The Balaban J connectivity index is 0.00000168. The van der Waals surface area contributed by atoms with Crippen LogP contribution in [0.3, 0.4) is 0 Å². The van der Waals surface area contributed by atoms with Crippen molar-refractivity contribution in [3.63, 3.8) is 0 Å². The summed E-state index contributed by atoms with van der Waals surface area (Å²) in [6, 6.07) is 19.3. The molecule has 1 fully saturated rings. The predicted molar refractivity (Wildman–Crippen MR) is 111 cm³/mol. The smallest absolute Gasteiger partial charge is 0.109 e. The fourth-order valence-corrected chi connectivity index (χ4v) is 4.42. The number of hydrogen-bond acceptors (Lipinski definition) is 2. The molecule has 1 atom stereocenters. The second kappa shape index (κ2) is 6.99. The Kier molecular flexibility index (Phi) is 4.70. The molecule has 0 saturated carbocycles. The van der Waals surface area contributed by atoms with Crippen molar-refractivity contribution >= 4 is 44.7 Å². The number of halogens is 2. The van der Waals surface area contributed by atoms with Gasteiger partial charge in [-0.3, -0.25) is 4.90 Å². The number of benzene rings is 4. The van der Waals surface area contributed by atoms with Gasteiger partial charge in [0.1, 0.15) is 6.67 Å². The quantitative estimate of drug-likeness (QED) is 0.516. The van der Waals surface area contributed by atoms with Crippen LogP contribution in [-0.4, -0.2) is 37.8 Å². The molecule has 0 amide bonds. The van der Waals surface area contributed by atoms with E-state index in [1.54, 1.807) is 0 Å². The summed E-state index contributed by atoms with van der Waals surface area (Å²) in [5, 5.41) is 10.9. The van der Waals surface area contributed by atoms with E-state index in [1.807, 2.05) is 0 Å². The molecule has 5 rings (SSSR count). The molecule has 0 aromatic heterocycles.